The molecule has 1 saturated heterocycles. The summed E-state index contributed by atoms with van der Waals surface area (Å²) in [5.74, 6) is -1.73. The molecule has 1 aliphatic carbocycles. The number of hydrogen-bond acceptors (Lipinski definition) is 8. The van der Waals surface area contributed by atoms with Gasteiger partial charge in [0.2, 0.25) is 5.95 Å². The number of nitrogens with one attached hydrogen (secondary N) is 3. The quantitative estimate of drug-likeness (QED) is 0.289. The van der Waals surface area contributed by atoms with Crippen LogP contribution in [0.5, 0.6) is 0 Å². The molecule has 2 fully saturated rings. The van der Waals surface area contributed by atoms with E-state index in [1.54, 1.807) is 23.1 Å². The highest BCUT2D eigenvalue weighted by molar-refractivity contribution is 6.02. The number of piperazine rings is 1. The molecule has 0 bridgehead atoms. The Hall–Kier alpha value is -4.65. The normalized spacial score (nSPS) is 17.6. The first-order chi connectivity index (χ1) is 19.8. The maximum absolute atomic E-state index is 13.2. The molecule has 41 heavy (non-hydrogen) atoms. The first-order valence-corrected chi connectivity index (χ1v) is 13.5. The molecule has 1 aliphatic heterocycles. The molecule has 2 aliphatic rings. The van der Waals surface area contributed by atoms with Gasteiger partial charge in [-0.1, -0.05) is 0 Å². The highest BCUT2D eigenvalue weighted by Crippen LogP contribution is 2.37. The Balaban J connectivity index is 1.08. The van der Waals surface area contributed by atoms with Gasteiger partial charge >= 0.3 is 0 Å². The van der Waals surface area contributed by atoms with Crippen LogP contribution in [0.4, 0.5) is 26.2 Å². The van der Waals surface area contributed by atoms with E-state index in [1.165, 1.54) is 6.20 Å². The maximum Gasteiger partial charge on any atom is 0.255 e. The van der Waals surface area contributed by atoms with Gasteiger partial charge in [0.15, 0.2) is 0 Å². The molecule has 13 heteroatoms. The molecule has 0 atom stereocenters. The van der Waals surface area contributed by atoms with E-state index in [0.717, 1.165) is 54.2 Å². The Kier molecular flexibility index (Phi) is 6.03. The average Bonchev–Trinajstić information content (AvgIpc) is 3.57. The lowest BCUT2D eigenvalue weighted by Gasteiger charge is -2.35. The number of carbonyl (C=O) groups is 1. The lowest BCUT2D eigenvalue weighted by atomic mass is 9.88. The molecule has 0 unspecified atom stereocenters. The molecular weight excluding hydrogens is 530 g/mol. The van der Waals surface area contributed by atoms with Gasteiger partial charge in [-0.05, 0) is 36.9 Å². The molecule has 1 saturated carbocycles. The molecule has 6 heterocycles. The summed E-state index contributed by atoms with van der Waals surface area (Å²) in [6.07, 6.45) is 7.90. The maximum atomic E-state index is 13.2. The number of likely N-dealkylation sites (N-methyl/N-ethyl adjacent to an activating group) is 1. The molecular formula is C28H28F2N10O. The summed E-state index contributed by atoms with van der Waals surface area (Å²) in [6, 6.07) is 7.17. The zero-order chi connectivity index (χ0) is 28.1. The smallest absolute Gasteiger partial charge is 0.255 e. The van der Waals surface area contributed by atoms with Gasteiger partial charge in [0.1, 0.15) is 11.5 Å². The summed E-state index contributed by atoms with van der Waals surface area (Å²) in [5.41, 5.74) is 4.04. The minimum Gasteiger partial charge on any atom is -0.354 e. The van der Waals surface area contributed by atoms with Crippen LogP contribution in [-0.2, 0) is 0 Å². The molecule has 3 N–H and O–H groups in total. The van der Waals surface area contributed by atoms with Crippen LogP contribution < -0.4 is 15.5 Å². The summed E-state index contributed by atoms with van der Waals surface area (Å²) in [7, 11) is 2.13. The number of carbonyl (C=O) groups excluding carboxylic acids is 1. The van der Waals surface area contributed by atoms with Crippen LogP contribution in [0.1, 0.15) is 23.2 Å². The third-order valence-electron chi connectivity index (χ3n) is 7.77. The second-order valence-corrected chi connectivity index (χ2v) is 10.7. The SMILES string of the molecule is CN1CCN(c2ccc(Nc3ncc4c(-c5ccn6ncc(C(=O)NC7CC(F)(F)C7)c6c5)c[nH]c4n3)cn2)CC1. The fourth-order valence-corrected chi connectivity index (χ4v) is 5.37. The monoisotopic (exact) mass is 558 g/mol. The number of anilines is 3. The third kappa shape index (κ3) is 4.92. The molecule has 0 spiro atoms. The van der Waals surface area contributed by atoms with Gasteiger partial charge in [-0.2, -0.15) is 10.1 Å². The van der Waals surface area contributed by atoms with Crippen molar-refractivity contribution in [2.45, 2.75) is 24.8 Å². The molecule has 1 amide bonds. The van der Waals surface area contributed by atoms with Crippen molar-refractivity contribution in [3.05, 3.63) is 60.8 Å². The van der Waals surface area contributed by atoms with Crippen LogP contribution in [0, 0.1) is 0 Å². The lowest BCUT2D eigenvalue weighted by molar-refractivity contribution is -0.0901. The third-order valence-corrected chi connectivity index (χ3v) is 7.77. The molecule has 0 radical (unpaired) electrons. The Labute approximate surface area is 233 Å². The fourth-order valence-electron chi connectivity index (χ4n) is 5.37. The Bertz CT molecular complexity index is 1730. The number of hydrogen-bond donors (Lipinski definition) is 3. The van der Waals surface area contributed by atoms with Gasteiger partial charge in [-0.15, -0.1) is 0 Å². The van der Waals surface area contributed by atoms with E-state index in [0.29, 0.717) is 22.7 Å². The van der Waals surface area contributed by atoms with Gasteiger partial charge < -0.3 is 25.4 Å². The van der Waals surface area contributed by atoms with Crippen molar-refractivity contribution >= 4 is 39.9 Å². The average molecular weight is 559 g/mol. The van der Waals surface area contributed by atoms with Crippen LogP contribution in [0.3, 0.4) is 0 Å². The van der Waals surface area contributed by atoms with E-state index >= 15 is 0 Å². The molecule has 5 aromatic heterocycles. The van der Waals surface area contributed by atoms with Crippen LogP contribution in [-0.4, -0.2) is 85.5 Å². The Morgan fingerprint density at radius 3 is 2.66 bits per heavy atom. The number of alkyl halides is 2. The summed E-state index contributed by atoms with van der Waals surface area (Å²) in [5, 5.41) is 11.0. The van der Waals surface area contributed by atoms with Crippen molar-refractivity contribution < 1.29 is 13.6 Å². The summed E-state index contributed by atoms with van der Waals surface area (Å²) < 4.78 is 28.0. The number of nitrogens with zero attached hydrogens (tertiary/aromatic N) is 7. The number of aromatic nitrogens is 6. The number of amides is 1. The van der Waals surface area contributed by atoms with E-state index in [1.807, 2.05) is 30.5 Å². The Morgan fingerprint density at radius 2 is 1.90 bits per heavy atom. The van der Waals surface area contributed by atoms with Crippen molar-refractivity contribution in [3.8, 4) is 11.1 Å². The van der Waals surface area contributed by atoms with E-state index in [9.17, 15) is 13.6 Å². The predicted molar refractivity (Wildman–Crippen MR) is 151 cm³/mol. The standard InChI is InChI=1S/C28H28F2N10O/c1-38-6-8-39(9-7-38)24-3-2-18(13-31-24)36-27-33-15-21-20(14-32-25(21)37-27)17-4-5-40-23(10-17)22(16-34-40)26(41)35-19-11-28(29,30)12-19/h2-5,10,13-16,19H,6-9,11-12H2,1H3,(H,35,41)(H2,32,33,36,37). The second-order valence-electron chi connectivity index (χ2n) is 10.7. The van der Waals surface area contributed by atoms with Crippen molar-refractivity contribution in [2.24, 2.45) is 0 Å². The first kappa shape index (κ1) is 25.3. The molecule has 11 nitrogen and oxygen atoms in total. The fraction of sp³-hybridized carbons (Fsp3) is 0.321. The van der Waals surface area contributed by atoms with E-state index < -0.39 is 17.9 Å². The zero-order valence-electron chi connectivity index (χ0n) is 22.3. The predicted octanol–water partition coefficient (Wildman–Crippen LogP) is 3.69. The number of halogens is 2. The number of pyridine rings is 2. The van der Waals surface area contributed by atoms with Crippen LogP contribution in [0.25, 0.3) is 27.7 Å². The van der Waals surface area contributed by atoms with Crippen molar-refractivity contribution in [1.82, 2.24) is 39.8 Å². The highest BCUT2D eigenvalue weighted by Gasteiger charge is 2.46. The summed E-state index contributed by atoms with van der Waals surface area (Å²) in [6.45, 7) is 3.95. The van der Waals surface area contributed by atoms with E-state index in [-0.39, 0.29) is 12.8 Å². The molecule has 7 rings (SSSR count). The number of H-pyrrole nitrogens is 1. The minimum absolute atomic E-state index is 0.330. The Morgan fingerprint density at radius 1 is 1.07 bits per heavy atom. The molecule has 0 aromatic carbocycles. The minimum atomic E-state index is -2.70. The van der Waals surface area contributed by atoms with Gasteiger partial charge in [-0.3, -0.25) is 4.79 Å². The van der Waals surface area contributed by atoms with Gasteiger partial charge in [0.05, 0.1) is 29.2 Å². The van der Waals surface area contributed by atoms with Crippen LogP contribution in [0.2, 0.25) is 0 Å². The van der Waals surface area contributed by atoms with Crippen molar-refractivity contribution in [3.63, 3.8) is 0 Å². The van der Waals surface area contributed by atoms with E-state index in [4.69, 9.17) is 0 Å². The largest absolute Gasteiger partial charge is 0.354 e. The van der Waals surface area contributed by atoms with Crippen LogP contribution >= 0.6 is 0 Å². The number of aromatic amines is 1. The number of fused-ring (bicyclic) bond motifs is 2. The zero-order valence-corrected chi connectivity index (χ0v) is 22.3. The summed E-state index contributed by atoms with van der Waals surface area (Å²) >= 11 is 0. The topological polar surface area (TPSA) is 119 Å². The van der Waals surface area contributed by atoms with Gasteiger partial charge in [0.25, 0.3) is 11.8 Å². The van der Waals surface area contributed by atoms with Crippen molar-refractivity contribution in [1.29, 1.82) is 0 Å². The molecule has 5 aromatic rings. The lowest BCUT2D eigenvalue weighted by Crippen LogP contribution is -2.50. The van der Waals surface area contributed by atoms with Gasteiger partial charge in [-0.25, -0.2) is 23.3 Å². The van der Waals surface area contributed by atoms with E-state index in [2.05, 4.69) is 52.5 Å². The number of rotatable bonds is 6. The van der Waals surface area contributed by atoms with Gasteiger partial charge in [0, 0.05) is 74.6 Å². The second kappa shape index (κ2) is 9.77. The molecule has 210 valence electrons. The van der Waals surface area contributed by atoms with Crippen LogP contribution in [0.15, 0.2) is 55.2 Å². The summed E-state index contributed by atoms with van der Waals surface area (Å²) in [4.78, 5) is 34.3. The first-order valence-electron chi connectivity index (χ1n) is 13.5. The van der Waals surface area contributed by atoms with Crippen molar-refractivity contribution in [2.75, 3.05) is 43.4 Å². The highest BCUT2D eigenvalue weighted by atomic mass is 19.3.